The Bertz CT molecular complexity index is 1270. The lowest BCUT2D eigenvalue weighted by atomic mass is 9.90. The molecule has 0 saturated carbocycles. The number of benzene rings is 3. The maximum absolute atomic E-state index is 11.5. The van der Waals surface area contributed by atoms with Crippen LogP contribution in [0, 0.1) is 10.1 Å². The molecule has 1 aromatic heterocycles. The summed E-state index contributed by atoms with van der Waals surface area (Å²) >= 11 is 12.8. The summed E-state index contributed by atoms with van der Waals surface area (Å²) in [6.45, 7) is -0.0863. The third-order valence-electron chi connectivity index (χ3n) is 5.31. The van der Waals surface area contributed by atoms with E-state index in [4.69, 9.17) is 32.7 Å². The van der Waals surface area contributed by atoms with Crippen LogP contribution >= 0.6 is 23.2 Å². The van der Waals surface area contributed by atoms with Crippen LogP contribution in [-0.2, 0) is 6.61 Å². The molecular weight excluding hydrogens is 451 g/mol. The van der Waals surface area contributed by atoms with Gasteiger partial charge in [-0.3, -0.25) is 10.1 Å². The topological polar surface area (TPSA) is 77.4 Å². The summed E-state index contributed by atoms with van der Waals surface area (Å²) in [5.41, 5.74) is 3.20. The zero-order valence-electron chi connectivity index (χ0n) is 17.2. The monoisotopic (exact) mass is 470 g/mol. The van der Waals surface area contributed by atoms with Crippen molar-refractivity contribution in [2.75, 3.05) is 13.7 Å². The average molecular weight is 471 g/mol. The second-order valence-corrected chi connectivity index (χ2v) is 8.09. The molecule has 32 heavy (non-hydrogen) atoms. The van der Waals surface area contributed by atoms with E-state index in [2.05, 4.69) is 4.98 Å². The largest absolute Gasteiger partial charge is 0.493 e. The average Bonchev–Trinajstić information content (AvgIpc) is 3.21. The molecular formula is C24H20Cl2N2O4. The normalized spacial score (nSPS) is 12.0. The first-order valence-electron chi connectivity index (χ1n) is 9.89. The molecule has 1 heterocycles. The van der Waals surface area contributed by atoms with Crippen molar-refractivity contribution in [3.63, 3.8) is 0 Å². The van der Waals surface area contributed by atoms with Gasteiger partial charge >= 0.3 is 0 Å². The Morgan fingerprint density at radius 1 is 1.06 bits per heavy atom. The second-order valence-electron chi connectivity index (χ2n) is 7.27. The Morgan fingerprint density at radius 2 is 1.81 bits per heavy atom. The van der Waals surface area contributed by atoms with Gasteiger partial charge in [0, 0.05) is 32.6 Å². The first-order valence-corrected chi connectivity index (χ1v) is 10.6. The predicted molar refractivity (Wildman–Crippen MR) is 126 cm³/mol. The van der Waals surface area contributed by atoms with E-state index >= 15 is 0 Å². The number of aromatic nitrogens is 1. The number of nitrogens with zero attached hydrogens (tertiary/aromatic N) is 1. The van der Waals surface area contributed by atoms with Gasteiger partial charge in [-0.2, -0.15) is 0 Å². The van der Waals surface area contributed by atoms with E-state index in [1.165, 1.54) is 7.11 Å². The third-order valence-corrected chi connectivity index (χ3v) is 5.96. The van der Waals surface area contributed by atoms with Crippen LogP contribution < -0.4 is 9.47 Å². The fourth-order valence-electron chi connectivity index (χ4n) is 3.76. The highest BCUT2D eigenvalue weighted by molar-refractivity contribution is 6.32. The van der Waals surface area contributed by atoms with Gasteiger partial charge < -0.3 is 14.5 Å². The molecule has 0 fully saturated rings. The molecule has 3 aromatic carbocycles. The number of hydrogen-bond donors (Lipinski definition) is 1. The van der Waals surface area contributed by atoms with Gasteiger partial charge in [-0.05, 0) is 35.4 Å². The fraction of sp³-hybridized carbons (Fsp3) is 0.167. The summed E-state index contributed by atoms with van der Waals surface area (Å²) in [7, 11) is 1.51. The van der Waals surface area contributed by atoms with Gasteiger partial charge in [0.2, 0.25) is 6.54 Å². The molecule has 4 rings (SSSR count). The summed E-state index contributed by atoms with van der Waals surface area (Å²) in [4.78, 5) is 14.4. The molecule has 0 saturated heterocycles. The van der Waals surface area contributed by atoms with Crippen LogP contribution in [0.4, 0.5) is 0 Å². The van der Waals surface area contributed by atoms with Gasteiger partial charge in [-0.1, -0.05) is 59.6 Å². The van der Waals surface area contributed by atoms with Crippen LogP contribution in [0.3, 0.4) is 0 Å². The minimum absolute atomic E-state index is 0.204. The Kier molecular flexibility index (Phi) is 6.53. The van der Waals surface area contributed by atoms with Crippen LogP contribution in [0.5, 0.6) is 11.5 Å². The van der Waals surface area contributed by atoms with Crippen LogP contribution in [0.2, 0.25) is 10.0 Å². The van der Waals surface area contributed by atoms with Gasteiger partial charge in [0.1, 0.15) is 6.61 Å². The zero-order chi connectivity index (χ0) is 22.7. The lowest BCUT2D eigenvalue weighted by Gasteiger charge is -2.18. The molecule has 164 valence electrons. The minimum atomic E-state index is -0.523. The molecule has 1 N–H and O–H groups in total. The molecule has 6 nitrogen and oxygen atoms in total. The van der Waals surface area contributed by atoms with Crippen LogP contribution in [-0.4, -0.2) is 23.6 Å². The van der Waals surface area contributed by atoms with Crippen LogP contribution in [0.1, 0.15) is 22.6 Å². The first-order chi connectivity index (χ1) is 15.5. The number of para-hydroxylation sites is 1. The maximum Gasteiger partial charge on any atom is 0.214 e. The molecule has 0 unspecified atom stereocenters. The van der Waals surface area contributed by atoms with Crippen molar-refractivity contribution in [1.29, 1.82) is 0 Å². The third kappa shape index (κ3) is 4.52. The highest BCUT2D eigenvalue weighted by Gasteiger charge is 2.26. The first kappa shape index (κ1) is 22.0. The molecule has 1 atom stereocenters. The zero-order valence-corrected chi connectivity index (χ0v) is 18.7. The van der Waals surface area contributed by atoms with E-state index in [1.807, 2.05) is 42.5 Å². The van der Waals surface area contributed by atoms with Crippen molar-refractivity contribution in [1.82, 2.24) is 4.98 Å². The van der Waals surface area contributed by atoms with E-state index in [0.29, 0.717) is 27.1 Å². The summed E-state index contributed by atoms with van der Waals surface area (Å²) in [5, 5.41) is 13.3. The number of halogens is 2. The van der Waals surface area contributed by atoms with Crippen LogP contribution in [0.15, 0.2) is 66.9 Å². The number of H-pyrrole nitrogens is 1. The summed E-state index contributed by atoms with van der Waals surface area (Å²) in [5.74, 6) is 0.231. The Hall–Kier alpha value is -3.22. The summed E-state index contributed by atoms with van der Waals surface area (Å²) < 4.78 is 11.4. The molecule has 0 aliphatic rings. The van der Waals surface area contributed by atoms with Gasteiger partial charge in [-0.25, -0.2) is 0 Å². The molecule has 0 amide bonds. The van der Waals surface area contributed by atoms with Crippen molar-refractivity contribution in [2.24, 2.45) is 0 Å². The minimum Gasteiger partial charge on any atom is -0.493 e. The SMILES string of the molecule is COc1cc([C@@H](C[N+](=O)[O-])c2c[nH]c3ccccc23)cc(Cl)c1OCc1ccccc1Cl. The smallest absolute Gasteiger partial charge is 0.214 e. The van der Waals surface area contributed by atoms with Gasteiger partial charge in [-0.15, -0.1) is 0 Å². The Labute approximate surface area is 194 Å². The number of aromatic amines is 1. The quantitative estimate of drug-likeness (QED) is 0.236. The Morgan fingerprint density at radius 3 is 2.56 bits per heavy atom. The van der Waals surface area contributed by atoms with Crippen LogP contribution in [0.25, 0.3) is 10.9 Å². The number of methoxy groups -OCH3 is 1. The molecule has 4 aromatic rings. The molecule has 0 spiro atoms. The van der Waals surface area contributed by atoms with Gasteiger partial charge in [0.05, 0.1) is 18.1 Å². The predicted octanol–water partition coefficient (Wildman–Crippen LogP) is 6.47. The number of nitro groups is 1. The van der Waals surface area contributed by atoms with E-state index in [0.717, 1.165) is 22.0 Å². The molecule has 0 bridgehead atoms. The summed E-state index contributed by atoms with van der Waals surface area (Å²) in [6.07, 6.45) is 1.81. The Balaban J connectivity index is 1.72. The second kappa shape index (κ2) is 9.51. The standard InChI is InChI=1S/C24H20Cl2N2O4/c1-31-23-11-16(10-21(26)24(23)32-14-15-6-2-4-8-20(15)25)19(13-28(29)30)18-12-27-22-9-5-3-7-17(18)22/h2-12,19,27H,13-14H2,1H3/t19-/m1/s1. The fourth-order valence-corrected chi connectivity index (χ4v) is 4.23. The number of rotatable bonds is 8. The van der Waals surface area contributed by atoms with E-state index in [1.54, 1.807) is 24.4 Å². The van der Waals surface area contributed by atoms with Gasteiger partial charge in [0.15, 0.2) is 11.5 Å². The van der Waals surface area contributed by atoms with E-state index < -0.39 is 5.92 Å². The number of fused-ring (bicyclic) bond motifs is 1. The van der Waals surface area contributed by atoms with E-state index in [-0.39, 0.29) is 18.1 Å². The lowest BCUT2D eigenvalue weighted by molar-refractivity contribution is -0.481. The lowest BCUT2D eigenvalue weighted by Crippen LogP contribution is -2.14. The van der Waals surface area contributed by atoms with Crippen molar-refractivity contribution >= 4 is 34.1 Å². The molecule has 0 radical (unpaired) electrons. The maximum atomic E-state index is 11.5. The molecule has 8 heteroatoms. The molecule has 0 aliphatic carbocycles. The van der Waals surface area contributed by atoms with Crippen molar-refractivity contribution in [3.8, 4) is 11.5 Å². The van der Waals surface area contributed by atoms with Gasteiger partial charge in [0.25, 0.3) is 0 Å². The molecule has 0 aliphatic heterocycles. The highest BCUT2D eigenvalue weighted by atomic mass is 35.5. The number of ether oxygens (including phenoxy) is 2. The number of nitrogens with one attached hydrogen (secondary N) is 1. The number of hydrogen-bond acceptors (Lipinski definition) is 4. The van der Waals surface area contributed by atoms with E-state index in [9.17, 15) is 10.1 Å². The summed E-state index contributed by atoms with van der Waals surface area (Å²) in [6, 6.07) is 18.5. The van der Waals surface area contributed by atoms with Crippen molar-refractivity contribution in [2.45, 2.75) is 12.5 Å². The van der Waals surface area contributed by atoms with Crippen molar-refractivity contribution in [3.05, 3.63) is 104 Å². The van der Waals surface area contributed by atoms with Crippen molar-refractivity contribution < 1.29 is 14.4 Å². The highest BCUT2D eigenvalue weighted by Crippen LogP contribution is 2.41.